The molecular formula is C19H16N2O2S. The van der Waals surface area contributed by atoms with E-state index in [4.69, 9.17) is 4.42 Å². The SMILES string of the molecule is O=C1c2ccccc2CCCC1Sc1nnc(-c2ccccc2)o1. The standard InChI is InChI=1S/C19H16N2O2S/c22-17-15-11-5-4-7-13(15)10-6-12-16(17)24-19-21-20-18(23-19)14-8-2-1-3-9-14/h1-5,7-9,11,16H,6,10,12H2. The molecule has 2 aromatic carbocycles. The summed E-state index contributed by atoms with van der Waals surface area (Å²) in [6.07, 6.45) is 2.75. The number of carbonyl (C=O) groups excluding carboxylic acids is 1. The first-order chi connectivity index (χ1) is 11.8. The van der Waals surface area contributed by atoms with Crippen LogP contribution in [-0.4, -0.2) is 21.2 Å². The molecule has 120 valence electrons. The van der Waals surface area contributed by atoms with E-state index in [0.717, 1.165) is 36.0 Å². The van der Waals surface area contributed by atoms with Gasteiger partial charge in [0.1, 0.15) is 0 Å². The molecule has 0 fully saturated rings. The zero-order valence-corrected chi connectivity index (χ0v) is 13.8. The van der Waals surface area contributed by atoms with Crippen LogP contribution in [0.25, 0.3) is 11.5 Å². The van der Waals surface area contributed by atoms with Crippen LogP contribution in [0.4, 0.5) is 0 Å². The van der Waals surface area contributed by atoms with E-state index in [0.29, 0.717) is 11.1 Å². The van der Waals surface area contributed by atoms with Gasteiger partial charge in [0.05, 0.1) is 5.25 Å². The van der Waals surface area contributed by atoms with Gasteiger partial charge in [-0.2, -0.15) is 0 Å². The summed E-state index contributed by atoms with van der Waals surface area (Å²) in [5.41, 5.74) is 2.85. The van der Waals surface area contributed by atoms with Gasteiger partial charge in [-0.1, -0.05) is 54.2 Å². The van der Waals surface area contributed by atoms with Gasteiger partial charge in [0.25, 0.3) is 5.22 Å². The van der Waals surface area contributed by atoms with E-state index < -0.39 is 0 Å². The first kappa shape index (κ1) is 15.1. The Kier molecular flexibility index (Phi) is 4.17. The van der Waals surface area contributed by atoms with Gasteiger partial charge in [0, 0.05) is 11.1 Å². The summed E-state index contributed by atoms with van der Waals surface area (Å²) in [7, 11) is 0. The normalized spacial score (nSPS) is 17.3. The third-order valence-corrected chi connectivity index (χ3v) is 5.26. The second kappa shape index (κ2) is 6.61. The van der Waals surface area contributed by atoms with Crippen molar-refractivity contribution in [3.8, 4) is 11.5 Å². The molecule has 3 aromatic rings. The third kappa shape index (κ3) is 2.99. The van der Waals surface area contributed by atoms with Crippen molar-refractivity contribution in [2.24, 2.45) is 0 Å². The van der Waals surface area contributed by atoms with Crippen molar-refractivity contribution in [3.05, 3.63) is 65.7 Å². The molecule has 0 saturated heterocycles. The Labute approximate surface area is 144 Å². The number of thioether (sulfide) groups is 1. The Balaban J connectivity index is 1.55. The van der Waals surface area contributed by atoms with Crippen LogP contribution in [0, 0.1) is 0 Å². The maximum Gasteiger partial charge on any atom is 0.277 e. The molecule has 1 atom stereocenters. The molecule has 4 nitrogen and oxygen atoms in total. The minimum absolute atomic E-state index is 0.160. The quantitative estimate of drug-likeness (QED) is 0.663. The van der Waals surface area contributed by atoms with Gasteiger partial charge >= 0.3 is 0 Å². The highest BCUT2D eigenvalue weighted by Gasteiger charge is 2.28. The topological polar surface area (TPSA) is 56.0 Å². The molecule has 1 heterocycles. The highest BCUT2D eigenvalue weighted by atomic mass is 32.2. The second-order valence-corrected chi connectivity index (χ2v) is 6.91. The van der Waals surface area contributed by atoms with E-state index in [2.05, 4.69) is 10.2 Å². The van der Waals surface area contributed by atoms with Crippen LogP contribution >= 0.6 is 11.8 Å². The third-order valence-electron chi connectivity index (χ3n) is 4.16. The van der Waals surface area contributed by atoms with Gasteiger partial charge in [-0.05, 0) is 37.0 Å². The van der Waals surface area contributed by atoms with E-state index in [1.165, 1.54) is 11.8 Å². The van der Waals surface area contributed by atoms with Crippen LogP contribution < -0.4 is 0 Å². The average molecular weight is 336 g/mol. The van der Waals surface area contributed by atoms with Crippen LogP contribution in [0.15, 0.2) is 64.2 Å². The lowest BCUT2D eigenvalue weighted by molar-refractivity contribution is 0.0988. The fourth-order valence-electron chi connectivity index (χ4n) is 2.95. The molecule has 0 spiro atoms. The minimum Gasteiger partial charge on any atom is -0.411 e. The van der Waals surface area contributed by atoms with E-state index >= 15 is 0 Å². The Bertz CT molecular complexity index is 861. The molecule has 5 heteroatoms. The molecule has 24 heavy (non-hydrogen) atoms. The number of carbonyl (C=O) groups is 1. The summed E-state index contributed by atoms with van der Waals surface area (Å²) in [5, 5.41) is 8.48. The monoisotopic (exact) mass is 336 g/mol. The number of ketones is 1. The summed E-state index contributed by atoms with van der Waals surface area (Å²) in [4.78, 5) is 12.8. The summed E-state index contributed by atoms with van der Waals surface area (Å²) in [6, 6.07) is 17.5. The number of fused-ring (bicyclic) bond motifs is 1. The van der Waals surface area contributed by atoms with Crippen LogP contribution in [0.2, 0.25) is 0 Å². The maximum atomic E-state index is 12.8. The van der Waals surface area contributed by atoms with Crippen molar-refractivity contribution in [1.29, 1.82) is 0 Å². The van der Waals surface area contributed by atoms with Crippen LogP contribution in [0.3, 0.4) is 0 Å². The Hall–Kier alpha value is -2.40. The number of rotatable bonds is 3. The smallest absolute Gasteiger partial charge is 0.277 e. The van der Waals surface area contributed by atoms with Crippen molar-refractivity contribution in [2.75, 3.05) is 0 Å². The number of aryl methyl sites for hydroxylation is 1. The van der Waals surface area contributed by atoms with Crippen LogP contribution in [0.1, 0.15) is 28.8 Å². The van der Waals surface area contributed by atoms with Crippen LogP contribution in [-0.2, 0) is 6.42 Å². The predicted molar refractivity (Wildman–Crippen MR) is 93.1 cm³/mol. The first-order valence-corrected chi connectivity index (χ1v) is 8.87. The van der Waals surface area contributed by atoms with Crippen molar-refractivity contribution in [2.45, 2.75) is 29.7 Å². The molecule has 0 amide bonds. The highest BCUT2D eigenvalue weighted by Crippen LogP contribution is 2.33. The Morgan fingerprint density at radius 1 is 1.00 bits per heavy atom. The van der Waals surface area contributed by atoms with Gasteiger partial charge in [0.2, 0.25) is 5.89 Å². The molecule has 1 aliphatic rings. The highest BCUT2D eigenvalue weighted by molar-refractivity contribution is 8.00. The second-order valence-electron chi connectivity index (χ2n) is 5.76. The number of hydrogen-bond acceptors (Lipinski definition) is 5. The van der Waals surface area contributed by atoms with Crippen molar-refractivity contribution in [1.82, 2.24) is 10.2 Å². The zero-order valence-electron chi connectivity index (χ0n) is 13.0. The lowest BCUT2D eigenvalue weighted by Crippen LogP contribution is -2.16. The maximum absolute atomic E-state index is 12.8. The number of aromatic nitrogens is 2. The van der Waals surface area contributed by atoms with E-state index in [1.807, 2.05) is 54.6 Å². The predicted octanol–water partition coefficient (Wildman–Crippen LogP) is 4.42. The van der Waals surface area contributed by atoms with Crippen LogP contribution in [0.5, 0.6) is 0 Å². The fourth-order valence-corrected chi connectivity index (χ4v) is 3.93. The molecule has 0 aliphatic heterocycles. The molecular weight excluding hydrogens is 320 g/mol. The summed E-state index contributed by atoms with van der Waals surface area (Å²) < 4.78 is 5.74. The number of hydrogen-bond donors (Lipinski definition) is 0. The molecule has 1 aliphatic carbocycles. The number of nitrogens with zero attached hydrogens (tertiary/aromatic N) is 2. The molecule has 0 bridgehead atoms. The van der Waals surface area contributed by atoms with E-state index in [9.17, 15) is 4.79 Å². The molecule has 0 radical (unpaired) electrons. The largest absolute Gasteiger partial charge is 0.411 e. The summed E-state index contributed by atoms with van der Waals surface area (Å²) in [5.74, 6) is 0.645. The lowest BCUT2D eigenvalue weighted by Gasteiger charge is -2.10. The number of benzene rings is 2. The Morgan fingerprint density at radius 3 is 2.67 bits per heavy atom. The van der Waals surface area contributed by atoms with Gasteiger partial charge < -0.3 is 4.42 Å². The minimum atomic E-state index is -0.169. The summed E-state index contributed by atoms with van der Waals surface area (Å²) >= 11 is 1.38. The summed E-state index contributed by atoms with van der Waals surface area (Å²) in [6.45, 7) is 0. The fraction of sp³-hybridized carbons (Fsp3) is 0.211. The van der Waals surface area contributed by atoms with Gasteiger partial charge in [-0.15, -0.1) is 10.2 Å². The molecule has 4 rings (SSSR count). The van der Waals surface area contributed by atoms with Crippen molar-refractivity contribution < 1.29 is 9.21 Å². The molecule has 1 unspecified atom stereocenters. The van der Waals surface area contributed by atoms with Gasteiger partial charge in [-0.25, -0.2) is 0 Å². The average Bonchev–Trinajstić information content (AvgIpc) is 3.04. The van der Waals surface area contributed by atoms with Gasteiger partial charge in [-0.3, -0.25) is 4.79 Å². The zero-order chi connectivity index (χ0) is 16.4. The Morgan fingerprint density at radius 2 is 1.79 bits per heavy atom. The molecule has 0 N–H and O–H groups in total. The lowest BCUT2D eigenvalue weighted by atomic mass is 10.0. The molecule has 0 saturated carbocycles. The molecule has 1 aromatic heterocycles. The van der Waals surface area contributed by atoms with Gasteiger partial charge in [0.15, 0.2) is 5.78 Å². The first-order valence-electron chi connectivity index (χ1n) is 7.99. The number of Topliss-reactive ketones (excluding diaryl/α,β-unsaturated/α-hetero) is 1. The van der Waals surface area contributed by atoms with E-state index in [1.54, 1.807) is 0 Å². The van der Waals surface area contributed by atoms with Crippen molar-refractivity contribution in [3.63, 3.8) is 0 Å². The van der Waals surface area contributed by atoms with Crippen molar-refractivity contribution >= 4 is 17.5 Å². The van der Waals surface area contributed by atoms with E-state index in [-0.39, 0.29) is 11.0 Å².